The summed E-state index contributed by atoms with van der Waals surface area (Å²) in [6.45, 7) is 6.74. The first kappa shape index (κ1) is 31.2. The molecule has 1 aliphatic heterocycles. The number of carbonyl (C=O) groups excluding carboxylic acids is 2. The van der Waals surface area contributed by atoms with Crippen molar-refractivity contribution >= 4 is 23.3 Å². The Morgan fingerprint density at radius 2 is 1.70 bits per heavy atom. The van der Waals surface area contributed by atoms with Crippen LogP contribution in [0, 0.1) is 31.6 Å². The number of piperazine rings is 1. The Morgan fingerprint density at radius 1 is 0.977 bits per heavy atom. The zero-order chi connectivity index (χ0) is 31.6. The third-order valence-electron chi connectivity index (χ3n) is 7.87. The van der Waals surface area contributed by atoms with Gasteiger partial charge in [-0.05, 0) is 74.3 Å². The number of carbonyl (C=O) groups is 2. The van der Waals surface area contributed by atoms with Crippen molar-refractivity contribution in [1.29, 1.82) is 0 Å². The number of halogens is 4. The summed E-state index contributed by atoms with van der Waals surface area (Å²) < 4.78 is 55.1. The van der Waals surface area contributed by atoms with Gasteiger partial charge >= 0.3 is 6.18 Å². The minimum atomic E-state index is -4.57. The van der Waals surface area contributed by atoms with Crippen molar-refractivity contribution in [3.8, 4) is 11.8 Å². The second kappa shape index (κ2) is 12.8. The van der Waals surface area contributed by atoms with Crippen molar-refractivity contribution in [2.24, 2.45) is 5.92 Å². The summed E-state index contributed by atoms with van der Waals surface area (Å²) in [4.78, 5) is 33.5. The number of hydrogen-bond acceptors (Lipinski definition) is 5. The molecule has 5 rings (SSSR count). The number of likely N-dealkylation sites (N-methyl/N-ethyl adjacent to an activating group) is 1. The fourth-order valence-corrected chi connectivity index (χ4v) is 4.96. The van der Waals surface area contributed by atoms with Crippen LogP contribution in [-0.4, -0.2) is 66.0 Å². The number of aromatic nitrogens is 1. The first-order valence-electron chi connectivity index (χ1n) is 14.3. The molecule has 2 N–H and O–H groups in total. The summed E-state index contributed by atoms with van der Waals surface area (Å²) in [5, 5.41) is 5.23. The highest BCUT2D eigenvalue weighted by Gasteiger charge is 2.43. The van der Waals surface area contributed by atoms with Gasteiger partial charge in [-0.15, -0.1) is 0 Å². The van der Waals surface area contributed by atoms with Crippen molar-refractivity contribution in [3.63, 3.8) is 0 Å². The molecule has 2 fully saturated rings. The molecule has 1 saturated carbocycles. The number of alkyl halides is 4. The summed E-state index contributed by atoms with van der Waals surface area (Å²) in [5.41, 5.74) is 2.31. The van der Waals surface area contributed by atoms with Gasteiger partial charge in [0.05, 0.1) is 11.5 Å². The van der Waals surface area contributed by atoms with Crippen molar-refractivity contribution in [1.82, 2.24) is 14.8 Å². The highest BCUT2D eigenvalue weighted by Crippen LogP contribution is 2.35. The minimum Gasteiger partial charge on any atom is -0.322 e. The standard InChI is InChI=1S/C33H33F4N5O2/c1-20-4-6-24(15-23(20)7-5-22-14-21(2)30(38-18-22)40-32(44)27-17-29(27)34)31(43)39-26-9-8-25(28(16-26)33(35,36)37)19-42-12-10-41(3)11-13-42/h4,6,8-9,14-16,18,27,29H,10-13,17,19H2,1-3H3,(H,39,43)(H,38,40,44)/t27-,29+/m0/s1. The van der Waals surface area contributed by atoms with Crippen LogP contribution in [-0.2, 0) is 17.5 Å². The molecule has 1 saturated heterocycles. The van der Waals surface area contributed by atoms with Crippen LogP contribution in [0.4, 0.5) is 29.1 Å². The average molecular weight is 608 g/mol. The number of pyridine rings is 1. The molecular formula is C33H33F4N5O2. The van der Waals surface area contributed by atoms with Crippen LogP contribution in [0.25, 0.3) is 0 Å². The third-order valence-corrected chi connectivity index (χ3v) is 7.87. The normalized spacial score (nSPS) is 18.7. The molecule has 44 heavy (non-hydrogen) atoms. The van der Waals surface area contributed by atoms with Gasteiger partial charge in [0, 0.05) is 61.3 Å². The first-order valence-corrected chi connectivity index (χ1v) is 14.3. The molecule has 2 atom stereocenters. The Labute approximate surface area is 253 Å². The largest absolute Gasteiger partial charge is 0.416 e. The number of anilines is 2. The van der Waals surface area contributed by atoms with Crippen molar-refractivity contribution < 1.29 is 27.2 Å². The predicted molar refractivity (Wildman–Crippen MR) is 160 cm³/mol. The molecule has 1 aliphatic carbocycles. The van der Waals surface area contributed by atoms with Gasteiger partial charge in [-0.3, -0.25) is 14.5 Å². The quantitative estimate of drug-likeness (QED) is 0.290. The van der Waals surface area contributed by atoms with E-state index < -0.39 is 35.6 Å². The zero-order valence-electron chi connectivity index (χ0n) is 24.7. The molecule has 2 amide bonds. The lowest BCUT2D eigenvalue weighted by Crippen LogP contribution is -2.44. The molecule has 2 heterocycles. The van der Waals surface area contributed by atoms with E-state index in [0.29, 0.717) is 35.6 Å². The minimum absolute atomic E-state index is 0.0510. The van der Waals surface area contributed by atoms with Crippen LogP contribution < -0.4 is 10.6 Å². The molecule has 0 spiro atoms. The summed E-state index contributed by atoms with van der Waals surface area (Å²) in [6, 6.07) is 10.6. The molecule has 2 aromatic carbocycles. The maximum Gasteiger partial charge on any atom is 0.416 e. The number of nitrogens with one attached hydrogen (secondary N) is 2. The van der Waals surface area contributed by atoms with Gasteiger partial charge in [0.2, 0.25) is 5.91 Å². The summed E-state index contributed by atoms with van der Waals surface area (Å²) in [6.07, 6.45) is -3.95. The lowest BCUT2D eigenvalue weighted by molar-refractivity contribution is -0.138. The van der Waals surface area contributed by atoms with Crippen molar-refractivity contribution in [3.05, 3.63) is 87.6 Å². The number of rotatable bonds is 6. The topological polar surface area (TPSA) is 77.6 Å². The molecule has 0 radical (unpaired) electrons. The average Bonchev–Trinajstić information content (AvgIpc) is 3.72. The van der Waals surface area contributed by atoms with Gasteiger partial charge in [0.15, 0.2) is 0 Å². The van der Waals surface area contributed by atoms with Crippen LogP contribution in [0.2, 0.25) is 0 Å². The molecule has 0 unspecified atom stereocenters. The SMILES string of the molecule is Cc1ccc(C(=O)Nc2ccc(CN3CCN(C)CC3)c(C(F)(F)F)c2)cc1C#Cc1cnc(NC(=O)[C@H]2C[C@H]2F)c(C)c1. The number of benzene rings is 2. The van der Waals surface area contributed by atoms with E-state index in [-0.39, 0.29) is 29.8 Å². The maximum atomic E-state index is 14.0. The summed E-state index contributed by atoms with van der Waals surface area (Å²) >= 11 is 0. The molecule has 7 nitrogen and oxygen atoms in total. The fraction of sp³-hybridized carbons (Fsp3) is 0.364. The van der Waals surface area contributed by atoms with Crippen molar-refractivity contribution in [2.75, 3.05) is 43.9 Å². The van der Waals surface area contributed by atoms with Gasteiger partial charge in [-0.1, -0.05) is 24.0 Å². The molecular weight excluding hydrogens is 574 g/mol. The van der Waals surface area contributed by atoms with Gasteiger partial charge in [0.25, 0.3) is 5.91 Å². The Kier molecular flexibility index (Phi) is 9.04. The Balaban J connectivity index is 1.29. The van der Waals surface area contributed by atoms with E-state index in [4.69, 9.17) is 0 Å². The van der Waals surface area contributed by atoms with Gasteiger partial charge < -0.3 is 15.5 Å². The van der Waals surface area contributed by atoms with E-state index in [1.165, 1.54) is 18.3 Å². The van der Waals surface area contributed by atoms with Crippen LogP contribution >= 0.6 is 0 Å². The molecule has 2 aliphatic rings. The van der Waals surface area contributed by atoms with Crippen LogP contribution in [0.3, 0.4) is 0 Å². The Morgan fingerprint density at radius 3 is 2.36 bits per heavy atom. The predicted octanol–water partition coefficient (Wildman–Crippen LogP) is 5.41. The van der Waals surface area contributed by atoms with Crippen molar-refractivity contribution in [2.45, 2.75) is 39.2 Å². The van der Waals surface area contributed by atoms with Gasteiger partial charge in [-0.25, -0.2) is 9.37 Å². The van der Waals surface area contributed by atoms with Crippen LogP contribution in [0.1, 0.15) is 50.2 Å². The second-order valence-corrected chi connectivity index (χ2v) is 11.4. The third kappa shape index (κ3) is 7.62. The number of aryl methyl sites for hydroxylation is 2. The highest BCUT2D eigenvalue weighted by atomic mass is 19.4. The monoisotopic (exact) mass is 607 g/mol. The maximum absolute atomic E-state index is 14.0. The summed E-state index contributed by atoms with van der Waals surface area (Å²) in [7, 11) is 1.99. The Hall–Kier alpha value is -4.27. The fourth-order valence-electron chi connectivity index (χ4n) is 4.96. The van der Waals surface area contributed by atoms with E-state index in [1.807, 2.05) is 18.9 Å². The number of nitrogens with zero attached hydrogens (tertiary/aromatic N) is 3. The van der Waals surface area contributed by atoms with Gasteiger partial charge in [-0.2, -0.15) is 13.2 Å². The lowest BCUT2D eigenvalue weighted by atomic mass is 10.0. The molecule has 1 aromatic heterocycles. The Bertz CT molecular complexity index is 1640. The lowest BCUT2D eigenvalue weighted by Gasteiger charge is -2.33. The van der Waals surface area contributed by atoms with Gasteiger partial charge in [0.1, 0.15) is 12.0 Å². The van der Waals surface area contributed by atoms with E-state index in [2.05, 4.69) is 32.4 Å². The number of amides is 2. The highest BCUT2D eigenvalue weighted by molar-refractivity contribution is 6.04. The molecule has 3 aromatic rings. The molecule has 11 heteroatoms. The zero-order valence-corrected chi connectivity index (χ0v) is 24.7. The number of hydrogen-bond donors (Lipinski definition) is 2. The summed E-state index contributed by atoms with van der Waals surface area (Å²) in [5.74, 6) is 4.79. The van der Waals surface area contributed by atoms with E-state index in [0.717, 1.165) is 24.7 Å². The van der Waals surface area contributed by atoms with Crippen LogP contribution in [0.5, 0.6) is 0 Å². The van der Waals surface area contributed by atoms with Crippen LogP contribution in [0.15, 0.2) is 48.7 Å². The van der Waals surface area contributed by atoms with E-state index in [9.17, 15) is 27.2 Å². The van der Waals surface area contributed by atoms with E-state index >= 15 is 0 Å². The second-order valence-electron chi connectivity index (χ2n) is 11.4. The smallest absolute Gasteiger partial charge is 0.322 e. The first-order chi connectivity index (χ1) is 20.9. The molecule has 0 bridgehead atoms. The van der Waals surface area contributed by atoms with E-state index in [1.54, 1.807) is 31.2 Å². The molecule has 230 valence electrons.